The van der Waals surface area contributed by atoms with Crippen molar-refractivity contribution < 1.29 is 9.53 Å². The topological polar surface area (TPSA) is 63.2 Å². The maximum absolute atomic E-state index is 12.5. The van der Waals surface area contributed by atoms with Crippen LogP contribution in [0.5, 0.6) is 5.75 Å². The molecule has 0 atom stereocenters. The van der Waals surface area contributed by atoms with Gasteiger partial charge in [0.1, 0.15) is 5.75 Å². The number of nitrogens with one attached hydrogen (secondary N) is 2. The molecule has 3 rings (SSSR count). The van der Waals surface area contributed by atoms with E-state index in [-0.39, 0.29) is 5.91 Å². The first kappa shape index (κ1) is 17.5. The van der Waals surface area contributed by atoms with Gasteiger partial charge >= 0.3 is 0 Å². The van der Waals surface area contributed by atoms with Crippen LogP contribution in [0, 0.1) is 6.92 Å². The monoisotopic (exact) mass is 347 g/mol. The molecule has 0 fully saturated rings. The van der Waals surface area contributed by atoms with Crippen molar-refractivity contribution in [2.45, 2.75) is 13.8 Å². The third kappa shape index (κ3) is 4.39. The van der Waals surface area contributed by atoms with Crippen LogP contribution in [0.15, 0.2) is 67.0 Å². The van der Waals surface area contributed by atoms with Gasteiger partial charge in [0.15, 0.2) is 0 Å². The minimum absolute atomic E-state index is 0.213. The third-order valence-corrected chi connectivity index (χ3v) is 3.85. The summed E-state index contributed by atoms with van der Waals surface area (Å²) in [4.78, 5) is 16.7. The van der Waals surface area contributed by atoms with E-state index in [4.69, 9.17) is 4.74 Å². The molecule has 0 aliphatic heterocycles. The summed E-state index contributed by atoms with van der Waals surface area (Å²) in [6.45, 7) is 4.57. The molecule has 5 heteroatoms. The number of hydrogen-bond acceptors (Lipinski definition) is 4. The number of carbonyl (C=O) groups is 1. The van der Waals surface area contributed by atoms with Gasteiger partial charge in [-0.1, -0.05) is 18.2 Å². The van der Waals surface area contributed by atoms with Gasteiger partial charge in [-0.2, -0.15) is 0 Å². The number of hydrogen-bond donors (Lipinski definition) is 2. The average molecular weight is 347 g/mol. The molecule has 132 valence electrons. The number of amides is 1. The zero-order valence-electron chi connectivity index (χ0n) is 14.8. The Labute approximate surface area is 153 Å². The highest BCUT2D eigenvalue weighted by atomic mass is 16.5. The molecule has 3 aromatic rings. The molecule has 0 saturated carbocycles. The van der Waals surface area contributed by atoms with Crippen molar-refractivity contribution in [1.29, 1.82) is 0 Å². The van der Waals surface area contributed by atoms with Gasteiger partial charge in [0, 0.05) is 17.6 Å². The molecule has 0 aliphatic carbocycles. The van der Waals surface area contributed by atoms with Crippen LogP contribution in [-0.2, 0) is 0 Å². The number of para-hydroxylation sites is 1. The smallest absolute Gasteiger partial charge is 0.257 e. The van der Waals surface area contributed by atoms with Crippen molar-refractivity contribution in [3.63, 3.8) is 0 Å². The van der Waals surface area contributed by atoms with Crippen LogP contribution in [0.25, 0.3) is 0 Å². The van der Waals surface area contributed by atoms with Crippen molar-refractivity contribution in [1.82, 2.24) is 4.98 Å². The maximum Gasteiger partial charge on any atom is 0.257 e. The van der Waals surface area contributed by atoms with E-state index in [1.165, 1.54) is 0 Å². The third-order valence-electron chi connectivity index (χ3n) is 3.85. The normalized spacial score (nSPS) is 10.2. The molecule has 1 amide bonds. The van der Waals surface area contributed by atoms with Gasteiger partial charge in [-0.05, 0) is 55.8 Å². The van der Waals surface area contributed by atoms with E-state index in [1.54, 1.807) is 18.5 Å². The van der Waals surface area contributed by atoms with E-state index in [1.807, 2.05) is 62.4 Å². The van der Waals surface area contributed by atoms with E-state index in [9.17, 15) is 4.79 Å². The molecule has 0 spiro atoms. The summed E-state index contributed by atoms with van der Waals surface area (Å²) in [5, 5.41) is 6.16. The summed E-state index contributed by atoms with van der Waals surface area (Å²) in [6.07, 6.45) is 3.24. The van der Waals surface area contributed by atoms with Gasteiger partial charge in [-0.15, -0.1) is 0 Å². The number of anilines is 3. The van der Waals surface area contributed by atoms with Gasteiger partial charge in [0.25, 0.3) is 5.91 Å². The Balaban J connectivity index is 1.71. The number of rotatable bonds is 6. The molecule has 26 heavy (non-hydrogen) atoms. The van der Waals surface area contributed by atoms with Gasteiger partial charge < -0.3 is 15.4 Å². The number of nitrogens with zero attached hydrogens (tertiary/aromatic N) is 1. The number of ether oxygens (including phenoxy) is 1. The lowest BCUT2D eigenvalue weighted by molar-refractivity contribution is 0.102. The Kier molecular flexibility index (Phi) is 5.49. The molecule has 0 bridgehead atoms. The molecule has 0 saturated heterocycles. The molecule has 1 aromatic heterocycles. The standard InChI is InChI=1S/C21H21N3O2/c1-3-26-19-10-8-17(9-11-19)24-21(25)16-12-18(14-22-13-16)23-20-7-5-4-6-15(20)2/h4-14,23H,3H2,1-2H3,(H,24,25). The second-order valence-electron chi connectivity index (χ2n) is 5.81. The fourth-order valence-electron chi connectivity index (χ4n) is 2.51. The molecule has 5 nitrogen and oxygen atoms in total. The molecule has 1 heterocycles. The van der Waals surface area contributed by atoms with Crippen LogP contribution in [0.1, 0.15) is 22.8 Å². The quantitative estimate of drug-likeness (QED) is 0.673. The minimum Gasteiger partial charge on any atom is -0.494 e. The van der Waals surface area contributed by atoms with E-state index in [0.29, 0.717) is 17.9 Å². The summed E-state index contributed by atoms with van der Waals surface area (Å²) in [6, 6.07) is 17.0. The van der Waals surface area contributed by atoms with Gasteiger partial charge in [0.2, 0.25) is 0 Å². The summed E-state index contributed by atoms with van der Waals surface area (Å²) >= 11 is 0. The van der Waals surface area contributed by atoms with Crippen molar-refractivity contribution in [3.05, 3.63) is 78.1 Å². The maximum atomic E-state index is 12.5. The molecule has 0 unspecified atom stereocenters. The number of pyridine rings is 1. The summed E-state index contributed by atoms with van der Waals surface area (Å²) in [5.41, 5.74) is 4.06. The Bertz CT molecular complexity index is 892. The molecule has 2 N–H and O–H groups in total. The van der Waals surface area contributed by atoms with E-state index in [2.05, 4.69) is 15.6 Å². The van der Waals surface area contributed by atoms with Crippen molar-refractivity contribution >= 4 is 23.0 Å². The summed E-state index contributed by atoms with van der Waals surface area (Å²) in [5.74, 6) is 0.562. The Morgan fingerprint density at radius 1 is 1.04 bits per heavy atom. The Hall–Kier alpha value is -3.34. The Morgan fingerprint density at radius 3 is 2.54 bits per heavy atom. The average Bonchev–Trinajstić information content (AvgIpc) is 2.66. The van der Waals surface area contributed by atoms with Gasteiger partial charge in [-0.3, -0.25) is 9.78 Å². The van der Waals surface area contributed by atoms with Crippen molar-refractivity contribution in [2.75, 3.05) is 17.2 Å². The highest BCUT2D eigenvalue weighted by Crippen LogP contribution is 2.21. The number of aromatic nitrogens is 1. The van der Waals surface area contributed by atoms with E-state index < -0.39 is 0 Å². The number of carbonyl (C=O) groups excluding carboxylic acids is 1. The SMILES string of the molecule is CCOc1ccc(NC(=O)c2cncc(Nc3ccccc3C)c2)cc1. The zero-order chi connectivity index (χ0) is 18.4. The van der Waals surface area contributed by atoms with Crippen LogP contribution in [0.3, 0.4) is 0 Å². The van der Waals surface area contributed by atoms with Crippen LogP contribution in [0.4, 0.5) is 17.1 Å². The Morgan fingerprint density at radius 2 is 1.81 bits per heavy atom. The zero-order valence-corrected chi connectivity index (χ0v) is 14.8. The highest BCUT2D eigenvalue weighted by Gasteiger charge is 2.08. The van der Waals surface area contributed by atoms with E-state index >= 15 is 0 Å². The fraction of sp³-hybridized carbons (Fsp3) is 0.143. The van der Waals surface area contributed by atoms with Crippen LogP contribution in [-0.4, -0.2) is 17.5 Å². The number of benzene rings is 2. The summed E-state index contributed by atoms with van der Waals surface area (Å²) < 4.78 is 5.40. The van der Waals surface area contributed by atoms with Gasteiger partial charge in [-0.25, -0.2) is 0 Å². The lowest BCUT2D eigenvalue weighted by atomic mass is 10.2. The predicted molar refractivity (Wildman–Crippen MR) is 104 cm³/mol. The second-order valence-corrected chi connectivity index (χ2v) is 5.81. The first-order valence-electron chi connectivity index (χ1n) is 8.47. The van der Waals surface area contributed by atoms with Crippen LogP contribution < -0.4 is 15.4 Å². The molecule has 2 aromatic carbocycles. The first-order chi connectivity index (χ1) is 12.7. The second kappa shape index (κ2) is 8.16. The molecular weight excluding hydrogens is 326 g/mol. The van der Waals surface area contributed by atoms with Gasteiger partial charge in [0.05, 0.1) is 24.1 Å². The summed E-state index contributed by atoms with van der Waals surface area (Å²) in [7, 11) is 0. The minimum atomic E-state index is -0.213. The largest absolute Gasteiger partial charge is 0.494 e. The predicted octanol–water partition coefficient (Wildman–Crippen LogP) is 4.78. The highest BCUT2D eigenvalue weighted by molar-refractivity contribution is 6.04. The molecular formula is C21H21N3O2. The van der Waals surface area contributed by atoms with Crippen molar-refractivity contribution in [3.8, 4) is 5.75 Å². The molecule has 0 aliphatic rings. The van der Waals surface area contributed by atoms with Crippen molar-refractivity contribution in [2.24, 2.45) is 0 Å². The lowest BCUT2D eigenvalue weighted by Gasteiger charge is -2.11. The first-order valence-corrected chi connectivity index (χ1v) is 8.47. The number of aryl methyl sites for hydroxylation is 1. The van der Waals surface area contributed by atoms with Crippen LogP contribution in [0.2, 0.25) is 0 Å². The fourth-order valence-corrected chi connectivity index (χ4v) is 2.51. The molecule has 0 radical (unpaired) electrons. The van der Waals surface area contributed by atoms with Crippen LogP contribution >= 0.6 is 0 Å². The lowest BCUT2D eigenvalue weighted by Crippen LogP contribution is -2.12. The van der Waals surface area contributed by atoms with E-state index in [0.717, 1.165) is 22.7 Å².